The predicted octanol–water partition coefficient (Wildman–Crippen LogP) is 1.81. The first-order valence-corrected chi connectivity index (χ1v) is 9.43. The summed E-state index contributed by atoms with van der Waals surface area (Å²) < 4.78 is 0. The van der Waals surface area contributed by atoms with Crippen LogP contribution in [0.5, 0.6) is 0 Å². The number of amides is 1. The summed E-state index contributed by atoms with van der Waals surface area (Å²) in [7, 11) is 7.96. The molecular weight excluding hydrogens is 328 g/mol. The van der Waals surface area contributed by atoms with Crippen molar-refractivity contribution in [3.05, 3.63) is 12.2 Å². The van der Waals surface area contributed by atoms with E-state index in [0.29, 0.717) is 6.54 Å². The Kier molecular flexibility index (Phi) is 21.6. The van der Waals surface area contributed by atoms with Crippen molar-refractivity contribution < 1.29 is 9.90 Å². The minimum absolute atomic E-state index is 0.0292. The Hall–Kier alpha value is -0.950. The van der Waals surface area contributed by atoms with Crippen molar-refractivity contribution >= 4 is 5.91 Å². The number of nitrogens with zero attached hydrogens (tertiary/aromatic N) is 2. The smallest absolute Gasteiger partial charge is 0.244 e. The van der Waals surface area contributed by atoms with E-state index in [-0.39, 0.29) is 18.1 Å². The van der Waals surface area contributed by atoms with Gasteiger partial charge in [-0.1, -0.05) is 26.8 Å². The standard InChI is InChI=1S/C13H27N3O.C4H10.C3H9NO/c1-13(2,3)14-12(17)8-7-9-16(6)11-10-15(4)5;1-4(2)3;1-4-2-3-5/h7-8H,9-11H2,1-6H3,(H,14,17);4H,1-3H3;4-5H,2-3H2,1H3/b8-7+;;. The molecule has 6 heteroatoms. The summed E-state index contributed by atoms with van der Waals surface area (Å²) in [4.78, 5) is 15.8. The van der Waals surface area contributed by atoms with Crippen LogP contribution in [-0.4, -0.2) is 87.3 Å². The van der Waals surface area contributed by atoms with Crippen molar-refractivity contribution in [1.82, 2.24) is 20.4 Å². The molecule has 0 atom stereocenters. The van der Waals surface area contributed by atoms with E-state index in [1.165, 1.54) is 0 Å². The average molecular weight is 375 g/mol. The van der Waals surface area contributed by atoms with Gasteiger partial charge in [0.25, 0.3) is 0 Å². The number of likely N-dealkylation sites (N-methyl/N-ethyl adjacent to an activating group) is 3. The molecule has 26 heavy (non-hydrogen) atoms. The zero-order valence-electron chi connectivity index (χ0n) is 19.0. The van der Waals surface area contributed by atoms with E-state index in [4.69, 9.17) is 5.11 Å². The largest absolute Gasteiger partial charge is 0.395 e. The molecule has 0 aliphatic carbocycles. The van der Waals surface area contributed by atoms with E-state index in [1.807, 2.05) is 26.8 Å². The molecular formula is C20H46N4O2. The summed E-state index contributed by atoms with van der Waals surface area (Å²) in [5.74, 6) is 0.804. The molecule has 0 spiro atoms. The van der Waals surface area contributed by atoms with E-state index >= 15 is 0 Å². The molecule has 6 nitrogen and oxygen atoms in total. The van der Waals surface area contributed by atoms with Crippen LogP contribution in [-0.2, 0) is 4.79 Å². The van der Waals surface area contributed by atoms with Gasteiger partial charge in [0.2, 0.25) is 5.91 Å². The molecule has 0 aromatic heterocycles. The molecule has 0 fully saturated rings. The monoisotopic (exact) mass is 374 g/mol. The molecule has 0 aromatic rings. The maximum Gasteiger partial charge on any atom is 0.244 e. The third-order valence-corrected chi connectivity index (χ3v) is 2.48. The molecule has 0 unspecified atom stereocenters. The maximum absolute atomic E-state index is 11.5. The highest BCUT2D eigenvalue weighted by molar-refractivity contribution is 5.87. The Bertz CT molecular complexity index is 332. The van der Waals surface area contributed by atoms with E-state index < -0.39 is 0 Å². The normalized spacial score (nSPS) is 11.3. The van der Waals surface area contributed by atoms with Crippen molar-refractivity contribution in [3.63, 3.8) is 0 Å². The molecule has 0 aliphatic rings. The van der Waals surface area contributed by atoms with Crippen molar-refractivity contribution in [2.24, 2.45) is 5.92 Å². The van der Waals surface area contributed by atoms with Crippen LogP contribution in [0.4, 0.5) is 0 Å². The number of aliphatic hydroxyl groups excluding tert-OH is 1. The van der Waals surface area contributed by atoms with Gasteiger partial charge in [0, 0.05) is 37.8 Å². The van der Waals surface area contributed by atoms with Crippen LogP contribution in [0.3, 0.4) is 0 Å². The quantitative estimate of drug-likeness (QED) is 0.566. The van der Waals surface area contributed by atoms with E-state index in [2.05, 4.69) is 62.3 Å². The minimum atomic E-state index is -0.168. The number of carbonyl (C=O) groups excluding carboxylic acids is 1. The van der Waals surface area contributed by atoms with Crippen molar-refractivity contribution in [2.75, 3.05) is 61.0 Å². The summed E-state index contributed by atoms with van der Waals surface area (Å²) in [6.45, 7) is 16.2. The number of rotatable bonds is 8. The van der Waals surface area contributed by atoms with Crippen LogP contribution in [0, 0.1) is 5.92 Å². The molecule has 158 valence electrons. The van der Waals surface area contributed by atoms with Gasteiger partial charge in [0.05, 0.1) is 6.61 Å². The lowest BCUT2D eigenvalue weighted by Crippen LogP contribution is -2.39. The molecule has 0 saturated carbocycles. The highest BCUT2D eigenvalue weighted by Gasteiger charge is 2.10. The van der Waals surface area contributed by atoms with E-state index in [1.54, 1.807) is 13.1 Å². The van der Waals surface area contributed by atoms with Gasteiger partial charge < -0.3 is 25.5 Å². The predicted molar refractivity (Wildman–Crippen MR) is 115 cm³/mol. The third-order valence-electron chi connectivity index (χ3n) is 2.48. The first-order chi connectivity index (χ1) is 11.9. The fourth-order valence-electron chi connectivity index (χ4n) is 1.32. The summed E-state index contributed by atoms with van der Waals surface area (Å²) in [5.41, 5.74) is -0.168. The minimum Gasteiger partial charge on any atom is -0.395 e. The van der Waals surface area contributed by atoms with Gasteiger partial charge in [0.15, 0.2) is 0 Å². The molecule has 0 rings (SSSR count). The van der Waals surface area contributed by atoms with Crippen LogP contribution in [0.25, 0.3) is 0 Å². The Morgan fingerprint density at radius 1 is 1.12 bits per heavy atom. The first kappa shape index (κ1) is 29.8. The number of aliphatic hydroxyl groups is 1. The molecule has 3 N–H and O–H groups in total. The van der Waals surface area contributed by atoms with Crippen molar-refractivity contribution in [3.8, 4) is 0 Å². The number of hydrogen-bond acceptors (Lipinski definition) is 5. The Labute approximate surface area is 163 Å². The lowest BCUT2D eigenvalue weighted by molar-refractivity contribution is -0.117. The van der Waals surface area contributed by atoms with Crippen LogP contribution in [0.15, 0.2) is 12.2 Å². The molecule has 0 aliphatic heterocycles. The van der Waals surface area contributed by atoms with Crippen molar-refractivity contribution in [1.29, 1.82) is 0 Å². The second-order valence-electron chi connectivity index (χ2n) is 8.27. The second-order valence-corrected chi connectivity index (χ2v) is 8.27. The molecule has 0 heterocycles. The molecule has 0 bridgehead atoms. The fourth-order valence-corrected chi connectivity index (χ4v) is 1.32. The molecule has 1 amide bonds. The number of carbonyl (C=O) groups is 1. The Morgan fingerprint density at radius 3 is 1.92 bits per heavy atom. The van der Waals surface area contributed by atoms with Crippen LogP contribution in [0.2, 0.25) is 0 Å². The number of nitrogens with one attached hydrogen (secondary N) is 2. The van der Waals surface area contributed by atoms with E-state index in [0.717, 1.165) is 25.6 Å². The molecule has 0 aromatic carbocycles. The summed E-state index contributed by atoms with van der Waals surface area (Å²) >= 11 is 0. The van der Waals surface area contributed by atoms with Gasteiger partial charge in [-0.2, -0.15) is 0 Å². The lowest BCUT2D eigenvalue weighted by Gasteiger charge is -2.19. The van der Waals surface area contributed by atoms with Gasteiger partial charge >= 0.3 is 0 Å². The molecule has 0 radical (unpaired) electrons. The average Bonchev–Trinajstić information content (AvgIpc) is 2.44. The highest BCUT2D eigenvalue weighted by atomic mass is 16.3. The SMILES string of the molecule is CC(C)C.CN(C)CCN(C)C/C=C/C(=O)NC(C)(C)C.CNCCO. The lowest BCUT2D eigenvalue weighted by atomic mass is 10.1. The number of hydrogen-bond donors (Lipinski definition) is 3. The Balaban J connectivity index is -0.000000484. The zero-order valence-corrected chi connectivity index (χ0v) is 19.0. The summed E-state index contributed by atoms with van der Waals surface area (Å²) in [6.07, 6.45) is 3.51. The zero-order chi connectivity index (χ0) is 21.2. The second kappa shape index (κ2) is 18.8. The van der Waals surface area contributed by atoms with Crippen LogP contribution < -0.4 is 10.6 Å². The Morgan fingerprint density at radius 2 is 1.62 bits per heavy atom. The topological polar surface area (TPSA) is 67.8 Å². The van der Waals surface area contributed by atoms with Gasteiger partial charge in [0.1, 0.15) is 0 Å². The third kappa shape index (κ3) is 38.6. The summed E-state index contributed by atoms with van der Waals surface area (Å²) in [6, 6.07) is 0. The van der Waals surface area contributed by atoms with Gasteiger partial charge in [-0.15, -0.1) is 0 Å². The maximum atomic E-state index is 11.5. The van der Waals surface area contributed by atoms with Crippen LogP contribution >= 0.6 is 0 Å². The summed E-state index contributed by atoms with van der Waals surface area (Å²) in [5, 5.41) is 13.7. The highest BCUT2D eigenvalue weighted by Crippen LogP contribution is 1.98. The van der Waals surface area contributed by atoms with Gasteiger partial charge in [-0.3, -0.25) is 4.79 Å². The van der Waals surface area contributed by atoms with Gasteiger partial charge in [-0.25, -0.2) is 0 Å². The molecule has 0 saturated heterocycles. The van der Waals surface area contributed by atoms with Gasteiger partial charge in [-0.05, 0) is 54.9 Å². The van der Waals surface area contributed by atoms with Crippen LogP contribution in [0.1, 0.15) is 41.5 Å². The van der Waals surface area contributed by atoms with Crippen molar-refractivity contribution in [2.45, 2.75) is 47.1 Å². The van der Waals surface area contributed by atoms with E-state index in [9.17, 15) is 4.79 Å². The first-order valence-electron chi connectivity index (χ1n) is 9.43. The fraction of sp³-hybridized carbons (Fsp3) is 0.850.